The molecule has 1 aromatic carbocycles. The number of ether oxygens (including phenoxy) is 1. The van der Waals surface area contributed by atoms with Crippen molar-refractivity contribution in [2.24, 2.45) is 11.8 Å². The monoisotopic (exact) mass is 360 g/mol. The molecule has 1 aromatic rings. The van der Waals surface area contributed by atoms with E-state index in [1.807, 2.05) is 35.2 Å². The molecule has 26 heavy (non-hydrogen) atoms. The van der Waals surface area contributed by atoms with Crippen LogP contribution in [0.2, 0.25) is 0 Å². The van der Waals surface area contributed by atoms with E-state index in [1.165, 1.54) is 0 Å². The quantitative estimate of drug-likeness (QED) is 0.840. The molecule has 2 N–H and O–H groups in total. The molecule has 3 atom stereocenters. The second kappa shape index (κ2) is 7.76. The van der Waals surface area contributed by atoms with Crippen molar-refractivity contribution in [3.63, 3.8) is 0 Å². The maximum absolute atomic E-state index is 13.0. The van der Waals surface area contributed by atoms with Crippen molar-refractivity contribution in [3.05, 3.63) is 35.9 Å². The molecule has 3 rings (SSSR count). The van der Waals surface area contributed by atoms with Gasteiger partial charge in [-0.2, -0.15) is 0 Å². The lowest BCUT2D eigenvalue weighted by Crippen LogP contribution is -2.46. The number of aliphatic carboxylic acids is 1. The molecular weight excluding hydrogens is 332 g/mol. The number of carbonyl (C=O) groups is 2. The zero-order valence-electron chi connectivity index (χ0n) is 15.5. The molecule has 2 aliphatic rings. The normalized spacial score (nSPS) is 30.2. The van der Waals surface area contributed by atoms with E-state index in [9.17, 15) is 14.7 Å². The van der Waals surface area contributed by atoms with Crippen LogP contribution in [0, 0.1) is 11.8 Å². The average Bonchev–Trinajstić information content (AvgIpc) is 2.94. The molecule has 0 radical (unpaired) electrons. The highest BCUT2D eigenvalue weighted by Gasteiger charge is 2.54. The molecule has 0 bridgehead atoms. The third kappa shape index (κ3) is 3.62. The third-order valence-electron chi connectivity index (χ3n) is 6.04. The molecule has 2 heterocycles. The molecule has 142 valence electrons. The number of likely N-dealkylation sites (N-methyl/N-ethyl adjacent to an activating group) is 1. The van der Waals surface area contributed by atoms with E-state index in [0.29, 0.717) is 18.9 Å². The van der Waals surface area contributed by atoms with Gasteiger partial charge >= 0.3 is 5.97 Å². The highest BCUT2D eigenvalue weighted by Crippen LogP contribution is 2.45. The Hall–Kier alpha value is -1.92. The fraction of sp³-hybridized carbons (Fsp3) is 0.600. The first kappa shape index (κ1) is 18.9. The van der Waals surface area contributed by atoms with Crippen molar-refractivity contribution in [2.45, 2.75) is 37.8 Å². The minimum atomic E-state index is -1.05. The first-order valence-corrected chi connectivity index (χ1v) is 9.30. The van der Waals surface area contributed by atoms with Crippen molar-refractivity contribution < 1.29 is 19.4 Å². The van der Waals surface area contributed by atoms with Crippen molar-refractivity contribution in [2.75, 3.05) is 26.8 Å². The fourth-order valence-electron chi connectivity index (χ4n) is 4.17. The van der Waals surface area contributed by atoms with Crippen LogP contribution in [0.25, 0.3) is 0 Å². The minimum Gasteiger partial charge on any atom is -0.480 e. The van der Waals surface area contributed by atoms with Gasteiger partial charge in [0.25, 0.3) is 0 Å². The van der Waals surface area contributed by atoms with Gasteiger partial charge in [-0.3, -0.25) is 14.5 Å². The van der Waals surface area contributed by atoms with E-state index in [2.05, 4.69) is 5.32 Å². The molecule has 2 aliphatic heterocycles. The third-order valence-corrected chi connectivity index (χ3v) is 6.04. The van der Waals surface area contributed by atoms with Crippen LogP contribution in [-0.4, -0.2) is 54.2 Å². The van der Waals surface area contributed by atoms with E-state index in [0.717, 1.165) is 31.6 Å². The van der Waals surface area contributed by atoms with Crippen LogP contribution in [0.1, 0.15) is 37.8 Å². The summed E-state index contributed by atoms with van der Waals surface area (Å²) in [4.78, 5) is 26.7. The summed E-state index contributed by atoms with van der Waals surface area (Å²) in [5, 5.41) is 12.8. The lowest BCUT2D eigenvalue weighted by Gasteiger charge is -2.32. The second-order valence-corrected chi connectivity index (χ2v) is 7.66. The Morgan fingerprint density at radius 2 is 1.92 bits per heavy atom. The standard InChI is InChI=1S/C20H28N2O4/c1-20(19(24)25)12-16(17(22(20)2)15-6-4-3-5-7-15)18(23)21-13-14-8-10-26-11-9-14/h3-7,14,16-17H,8-13H2,1-2H3,(H,21,23)(H,24,25)/t16-,17-,20-/m0/s1. The van der Waals surface area contributed by atoms with E-state index in [-0.39, 0.29) is 17.9 Å². The van der Waals surface area contributed by atoms with Crippen LogP contribution >= 0.6 is 0 Å². The molecule has 0 aromatic heterocycles. The van der Waals surface area contributed by atoms with Crippen LogP contribution < -0.4 is 5.32 Å². The maximum Gasteiger partial charge on any atom is 0.323 e. The van der Waals surface area contributed by atoms with Crippen molar-refractivity contribution in [3.8, 4) is 0 Å². The summed E-state index contributed by atoms with van der Waals surface area (Å²) < 4.78 is 5.36. The number of carboxylic acids is 1. The highest BCUT2D eigenvalue weighted by molar-refractivity contribution is 5.85. The summed E-state index contributed by atoms with van der Waals surface area (Å²) in [6.07, 6.45) is 2.22. The summed E-state index contributed by atoms with van der Waals surface area (Å²) >= 11 is 0. The Morgan fingerprint density at radius 1 is 1.27 bits per heavy atom. The predicted molar refractivity (Wildman–Crippen MR) is 97.6 cm³/mol. The zero-order chi connectivity index (χ0) is 18.7. The SMILES string of the molecule is CN1[C@@H](c2ccccc2)[C@@H](C(=O)NCC2CCOCC2)C[C@@]1(C)C(=O)O. The Balaban J connectivity index is 1.77. The van der Waals surface area contributed by atoms with Gasteiger partial charge in [0.1, 0.15) is 5.54 Å². The maximum atomic E-state index is 13.0. The Bertz CT molecular complexity index is 644. The van der Waals surface area contributed by atoms with E-state index < -0.39 is 11.5 Å². The molecule has 0 saturated carbocycles. The summed E-state index contributed by atoms with van der Waals surface area (Å²) in [6, 6.07) is 9.47. The van der Waals surface area contributed by atoms with Gasteiger partial charge in [0.15, 0.2) is 0 Å². The Labute approximate surface area is 154 Å². The lowest BCUT2D eigenvalue weighted by atomic mass is 9.89. The molecule has 2 fully saturated rings. The average molecular weight is 360 g/mol. The number of nitrogens with zero attached hydrogens (tertiary/aromatic N) is 1. The van der Waals surface area contributed by atoms with Crippen molar-refractivity contribution in [1.29, 1.82) is 0 Å². The van der Waals surface area contributed by atoms with E-state index in [4.69, 9.17) is 4.74 Å². The summed E-state index contributed by atoms with van der Waals surface area (Å²) in [5.74, 6) is -0.890. The molecule has 6 heteroatoms. The molecule has 2 saturated heterocycles. The van der Waals surface area contributed by atoms with E-state index >= 15 is 0 Å². The van der Waals surface area contributed by atoms with Gasteiger partial charge in [-0.05, 0) is 44.7 Å². The Morgan fingerprint density at radius 3 is 2.54 bits per heavy atom. The van der Waals surface area contributed by atoms with Gasteiger partial charge in [-0.1, -0.05) is 30.3 Å². The summed E-state index contributed by atoms with van der Waals surface area (Å²) in [6.45, 7) is 3.83. The number of carboxylic acid groups (broad SMARTS) is 1. The van der Waals surface area contributed by atoms with Gasteiger partial charge in [0, 0.05) is 25.8 Å². The minimum absolute atomic E-state index is 0.0535. The smallest absolute Gasteiger partial charge is 0.323 e. The zero-order valence-corrected chi connectivity index (χ0v) is 15.5. The number of benzene rings is 1. The van der Waals surface area contributed by atoms with Gasteiger partial charge in [-0.25, -0.2) is 0 Å². The molecule has 0 unspecified atom stereocenters. The number of rotatable bonds is 5. The van der Waals surface area contributed by atoms with Gasteiger partial charge < -0.3 is 15.2 Å². The number of nitrogens with one attached hydrogen (secondary N) is 1. The van der Waals surface area contributed by atoms with Gasteiger partial charge in [0.2, 0.25) is 5.91 Å². The summed E-state index contributed by atoms with van der Waals surface area (Å²) in [5.41, 5.74) is -0.0764. The number of hydrogen-bond acceptors (Lipinski definition) is 4. The molecule has 1 amide bonds. The number of carbonyl (C=O) groups excluding carboxylic acids is 1. The van der Waals surface area contributed by atoms with Crippen molar-refractivity contribution in [1.82, 2.24) is 10.2 Å². The highest BCUT2D eigenvalue weighted by atomic mass is 16.5. The summed E-state index contributed by atoms with van der Waals surface area (Å²) in [7, 11) is 1.80. The van der Waals surface area contributed by atoms with Crippen LogP contribution in [0.15, 0.2) is 30.3 Å². The second-order valence-electron chi connectivity index (χ2n) is 7.66. The topological polar surface area (TPSA) is 78.9 Å². The van der Waals surface area contributed by atoms with E-state index in [1.54, 1.807) is 14.0 Å². The number of likely N-dealkylation sites (tertiary alicyclic amines) is 1. The Kier molecular flexibility index (Phi) is 5.63. The predicted octanol–water partition coefficient (Wildman–Crippen LogP) is 2.07. The largest absolute Gasteiger partial charge is 0.480 e. The lowest BCUT2D eigenvalue weighted by molar-refractivity contribution is -0.148. The fourth-order valence-corrected chi connectivity index (χ4v) is 4.17. The molecular formula is C20H28N2O4. The van der Waals surface area contributed by atoms with Crippen LogP contribution in [0.3, 0.4) is 0 Å². The van der Waals surface area contributed by atoms with Gasteiger partial charge in [-0.15, -0.1) is 0 Å². The number of hydrogen-bond donors (Lipinski definition) is 2. The molecule has 0 spiro atoms. The van der Waals surface area contributed by atoms with Crippen LogP contribution in [0.4, 0.5) is 0 Å². The first-order valence-electron chi connectivity index (χ1n) is 9.30. The van der Waals surface area contributed by atoms with Crippen LogP contribution in [0.5, 0.6) is 0 Å². The van der Waals surface area contributed by atoms with Gasteiger partial charge in [0.05, 0.1) is 5.92 Å². The molecule has 6 nitrogen and oxygen atoms in total. The number of amides is 1. The van der Waals surface area contributed by atoms with Crippen molar-refractivity contribution >= 4 is 11.9 Å². The molecule has 0 aliphatic carbocycles. The first-order chi connectivity index (χ1) is 12.4. The van der Waals surface area contributed by atoms with Crippen LogP contribution in [-0.2, 0) is 14.3 Å².